The van der Waals surface area contributed by atoms with Crippen LogP contribution in [0.1, 0.15) is 18.4 Å². The Hall–Kier alpha value is -0.510. The van der Waals surface area contributed by atoms with Crippen molar-refractivity contribution in [3.63, 3.8) is 0 Å². The predicted molar refractivity (Wildman–Crippen MR) is 69.6 cm³/mol. The van der Waals surface area contributed by atoms with E-state index < -0.39 is 0 Å². The molecule has 16 heavy (non-hydrogen) atoms. The maximum atomic E-state index is 6.07. The van der Waals surface area contributed by atoms with Crippen LogP contribution >= 0.6 is 11.8 Å². The molecule has 2 rings (SSSR count). The first kappa shape index (κ1) is 12.0. The quantitative estimate of drug-likeness (QED) is 0.873. The van der Waals surface area contributed by atoms with Gasteiger partial charge in [-0.3, -0.25) is 0 Å². The van der Waals surface area contributed by atoms with Crippen molar-refractivity contribution >= 4 is 11.8 Å². The summed E-state index contributed by atoms with van der Waals surface area (Å²) >= 11 is 2.00. The number of benzene rings is 1. The van der Waals surface area contributed by atoms with Gasteiger partial charge in [0.25, 0.3) is 0 Å². The minimum Gasteiger partial charge on any atom is -0.369 e. The van der Waals surface area contributed by atoms with Gasteiger partial charge in [-0.2, -0.15) is 11.8 Å². The fourth-order valence-electron chi connectivity index (χ4n) is 1.96. The maximum absolute atomic E-state index is 6.07. The normalized spacial score (nSPS) is 19.6. The summed E-state index contributed by atoms with van der Waals surface area (Å²) in [7, 11) is 0. The van der Waals surface area contributed by atoms with Crippen molar-refractivity contribution in [1.29, 1.82) is 0 Å². The van der Waals surface area contributed by atoms with E-state index in [0.29, 0.717) is 13.2 Å². The lowest BCUT2D eigenvalue weighted by molar-refractivity contribution is -0.0555. The van der Waals surface area contributed by atoms with Crippen molar-refractivity contribution in [2.45, 2.75) is 25.0 Å². The van der Waals surface area contributed by atoms with Crippen molar-refractivity contribution in [1.82, 2.24) is 0 Å². The highest BCUT2D eigenvalue weighted by Crippen LogP contribution is 2.30. The van der Waals surface area contributed by atoms with E-state index in [-0.39, 0.29) is 5.60 Å². The number of nitrogens with two attached hydrogens (primary N) is 1. The summed E-state index contributed by atoms with van der Waals surface area (Å²) in [6.07, 6.45) is 2.17. The fraction of sp³-hybridized carbons (Fsp3) is 0.538. The van der Waals surface area contributed by atoms with Gasteiger partial charge in [0.2, 0.25) is 0 Å². The van der Waals surface area contributed by atoms with Gasteiger partial charge in [0.15, 0.2) is 0 Å². The summed E-state index contributed by atoms with van der Waals surface area (Å²) in [5, 5.41) is 0. The molecule has 1 fully saturated rings. The Bertz CT molecular complexity index is 309. The molecule has 0 aliphatic carbocycles. The van der Waals surface area contributed by atoms with E-state index in [0.717, 1.165) is 12.8 Å². The van der Waals surface area contributed by atoms with Gasteiger partial charge in [0.05, 0.1) is 12.2 Å². The zero-order valence-electron chi connectivity index (χ0n) is 9.52. The van der Waals surface area contributed by atoms with Gasteiger partial charge in [-0.25, -0.2) is 0 Å². The van der Waals surface area contributed by atoms with E-state index in [4.69, 9.17) is 10.5 Å². The standard InChI is InChI=1S/C13H19NOS/c14-11-13(6-8-16-9-7-13)15-10-12-4-2-1-3-5-12/h1-5H,6-11,14H2. The van der Waals surface area contributed by atoms with Crippen LogP contribution in [0.3, 0.4) is 0 Å². The molecule has 0 radical (unpaired) electrons. The topological polar surface area (TPSA) is 35.2 Å². The number of hydrogen-bond acceptors (Lipinski definition) is 3. The van der Waals surface area contributed by atoms with Crippen LogP contribution in [-0.4, -0.2) is 23.7 Å². The fourth-order valence-corrected chi connectivity index (χ4v) is 3.20. The molecule has 1 aromatic carbocycles. The number of rotatable bonds is 4. The van der Waals surface area contributed by atoms with Crippen molar-refractivity contribution in [3.05, 3.63) is 35.9 Å². The van der Waals surface area contributed by atoms with Crippen LogP contribution in [0.2, 0.25) is 0 Å². The summed E-state index contributed by atoms with van der Waals surface area (Å²) in [5.41, 5.74) is 7.03. The highest BCUT2D eigenvalue weighted by Gasteiger charge is 2.31. The Morgan fingerprint density at radius 2 is 1.88 bits per heavy atom. The molecule has 1 aliphatic heterocycles. The zero-order valence-corrected chi connectivity index (χ0v) is 10.3. The predicted octanol–water partition coefficient (Wildman–Crippen LogP) is 2.43. The van der Waals surface area contributed by atoms with Crippen LogP contribution < -0.4 is 5.73 Å². The molecule has 0 aromatic heterocycles. The van der Waals surface area contributed by atoms with Crippen LogP contribution in [0.25, 0.3) is 0 Å². The van der Waals surface area contributed by atoms with Crippen molar-refractivity contribution in [3.8, 4) is 0 Å². The molecule has 1 saturated heterocycles. The third-order valence-corrected chi connectivity index (χ3v) is 4.15. The summed E-state index contributed by atoms with van der Waals surface area (Å²) in [6, 6.07) is 10.3. The molecule has 0 spiro atoms. The summed E-state index contributed by atoms with van der Waals surface area (Å²) in [6.45, 7) is 1.32. The molecular weight excluding hydrogens is 218 g/mol. The van der Waals surface area contributed by atoms with Gasteiger partial charge < -0.3 is 10.5 Å². The maximum Gasteiger partial charge on any atom is 0.0824 e. The van der Waals surface area contributed by atoms with Crippen molar-refractivity contribution in [2.24, 2.45) is 5.73 Å². The Balaban J connectivity index is 1.92. The van der Waals surface area contributed by atoms with E-state index in [1.54, 1.807) is 0 Å². The van der Waals surface area contributed by atoms with Crippen LogP contribution in [0.4, 0.5) is 0 Å². The lowest BCUT2D eigenvalue weighted by atomic mass is 9.96. The van der Waals surface area contributed by atoms with E-state index in [9.17, 15) is 0 Å². The third kappa shape index (κ3) is 3.00. The summed E-state index contributed by atoms with van der Waals surface area (Å²) in [5.74, 6) is 2.35. The molecular formula is C13H19NOS. The highest BCUT2D eigenvalue weighted by atomic mass is 32.2. The number of hydrogen-bond donors (Lipinski definition) is 1. The van der Waals surface area contributed by atoms with E-state index >= 15 is 0 Å². The molecule has 1 aromatic rings. The third-order valence-electron chi connectivity index (χ3n) is 3.16. The molecule has 3 heteroatoms. The highest BCUT2D eigenvalue weighted by molar-refractivity contribution is 7.99. The second-order valence-corrected chi connectivity index (χ2v) is 5.50. The summed E-state index contributed by atoms with van der Waals surface area (Å²) < 4.78 is 6.07. The molecule has 0 amide bonds. The van der Waals surface area contributed by atoms with Gasteiger partial charge in [-0.05, 0) is 29.9 Å². The van der Waals surface area contributed by atoms with Crippen LogP contribution in [0.5, 0.6) is 0 Å². The number of ether oxygens (including phenoxy) is 1. The van der Waals surface area contributed by atoms with Crippen LogP contribution in [0, 0.1) is 0 Å². The molecule has 1 aliphatic rings. The summed E-state index contributed by atoms with van der Waals surface area (Å²) in [4.78, 5) is 0. The van der Waals surface area contributed by atoms with Gasteiger partial charge in [-0.15, -0.1) is 0 Å². The Morgan fingerprint density at radius 1 is 1.19 bits per heavy atom. The molecule has 88 valence electrons. The van der Waals surface area contributed by atoms with Gasteiger partial charge in [-0.1, -0.05) is 30.3 Å². The van der Waals surface area contributed by atoms with Gasteiger partial charge in [0, 0.05) is 6.54 Å². The van der Waals surface area contributed by atoms with E-state index in [2.05, 4.69) is 12.1 Å². The Morgan fingerprint density at radius 3 is 2.50 bits per heavy atom. The lowest BCUT2D eigenvalue weighted by Crippen LogP contribution is -2.43. The van der Waals surface area contributed by atoms with Crippen molar-refractivity contribution < 1.29 is 4.74 Å². The second-order valence-electron chi connectivity index (χ2n) is 4.27. The smallest absolute Gasteiger partial charge is 0.0824 e. The molecule has 1 heterocycles. The first-order chi connectivity index (χ1) is 7.85. The van der Waals surface area contributed by atoms with Gasteiger partial charge in [0.1, 0.15) is 0 Å². The largest absolute Gasteiger partial charge is 0.369 e. The first-order valence-electron chi connectivity index (χ1n) is 5.80. The minimum atomic E-state index is -0.0684. The van der Waals surface area contributed by atoms with Crippen LogP contribution in [-0.2, 0) is 11.3 Å². The van der Waals surface area contributed by atoms with Crippen molar-refractivity contribution in [2.75, 3.05) is 18.1 Å². The molecule has 0 bridgehead atoms. The molecule has 0 saturated carbocycles. The zero-order chi connectivity index (χ0) is 11.3. The molecule has 0 unspecified atom stereocenters. The van der Waals surface area contributed by atoms with Gasteiger partial charge >= 0.3 is 0 Å². The lowest BCUT2D eigenvalue weighted by Gasteiger charge is -2.36. The molecule has 2 nitrogen and oxygen atoms in total. The Labute approximate surface area is 102 Å². The molecule has 0 atom stereocenters. The average molecular weight is 237 g/mol. The first-order valence-corrected chi connectivity index (χ1v) is 6.96. The monoisotopic (exact) mass is 237 g/mol. The molecule has 2 N–H and O–H groups in total. The Kier molecular flexibility index (Phi) is 4.27. The SMILES string of the molecule is NCC1(OCc2ccccc2)CCSCC1. The van der Waals surface area contributed by atoms with E-state index in [1.807, 2.05) is 30.0 Å². The average Bonchev–Trinajstić information content (AvgIpc) is 2.39. The minimum absolute atomic E-state index is 0.0684. The second kappa shape index (κ2) is 5.71. The van der Waals surface area contributed by atoms with Crippen LogP contribution in [0.15, 0.2) is 30.3 Å². The number of thioether (sulfide) groups is 1. The van der Waals surface area contributed by atoms with E-state index in [1.165, 1.54) is 17.1 Å².